The van der Waals surface area contributed by atoms with Crippen molar-refractivity contribution in [3.8, 4) is 0 Å². The number of piperidine rings is 1. The van der Waals surface area contributed by atoms with Gasteiger partial charge < -0.3 is 20.0 Å². The smallest absolute Gasteiger partial charge is 0.254 e. The van der Waals surface area contributed by atoms with Gasteiger partial charge in [0, 0.05) is 44.3 Å². The fourth-order valence-electron chi connectivity index (χ4n) is 4.64. The van der Waals surface area contributed by atoms with Crippen LogP contribution in [0.5, 0.6) is 0 Å². The predicted molar refractivity (Wildman–Crippen MR) is 105 cm³/mol. The van der Waals surface area contributed by atoms with Gasteiger partial charge in [-0.05, 0) is 37.8 Å². The molecule has 4 rings (SSSR count). The molecule has 3 amide bonds. The lowest BCUT2D eigenvalue weighted by Crippen LogP contribution is -2.59. The summed E-state index contributed by atoms with van der Waals surface area (Å²) in [5, 5.41) is 3.10. The second-order valence-corrected chi connectivity index (χ2v) is 7.87. The van der Waals surface area contributed by atoms with Gasteiger partial charge in [-0.2, -0.15) is 0 Å². The standard InChI is InChI=1S/C21H28N4O3/c26-19-14-22-10-13-24(19)17-8-4-11-23(15-17)21(28)18-9-5-12-25(18)20(27)16-6-2-1-3-7-16/h1-3,6-7,17-18,22H,4-5,8-15H2. The van der Waals surface area contributed by atoms with E-state index in [9.17, 15) is 14.4 Å². The summed E-state index contributed by atoms with van der Waals surface area (Å²) in [6.07, 6.45) is 3.40. The molecule has 7 nitrogen and oxygen atoms in total. The molecular weight excluding hydrogens is 356 g/mol. The molecule has 0 saturated carbocycles. The van der Waals surface area contributed by atoms with Crippen LogP contribution in [0.2, 0.25) is 0 Å². The van der Waals surface area contributed by atoms with E-state index in [-0.39, 0.29) is 29.8 Å². The molecule has 150 valence electrons. The third kappa shape index (κ3) is 3.76. The highest BCUT2D eigenvalue weighted by Gasteiger charge is 2.39. The molecule has 28 heavy (non-hydrogen) atoms. The van der Waals surface area contributed by atoms with Crippen molar-refractivity contribution < 1.29 is 14.4 Å². The number of carbonyl (C=O) groups is 3. The zero-order chi connectivity index (χ0) is 19.5. The van der Waals surface area contributed by atoms with E-state index in [1.165, 1.54) is 0 Å². The highest BCUT2D eigenvalue weighted by Crippen LogP contribution is 2.25. The van der Waals surface area contributed by atoms with Crippen molar-refractivity contribution in [2.24, 2.45) is 0 Å². The van der Waals surface area contributed by atoms with E-state index in [1.54, 1.807) is 17.0 Å². The van der Waals surface area contributed by atoms with E-state index >= 15 is 0 Å². The van der Waals surface area contributed by atoms with Crippen molar-refractivity contribution in [3.63, 3.8) is 0 Å². The Morgan fingerprint density at radius 1 is 1.00 bits per heavy atom. The first-order valence-corrected chi connectivity index (χ1v) is 10.3. The zero-order valence-corrected chi connectivity index (χ0v) is 16.2. The average Bonchev–Trinajstić information content (AvgIpc) is 3.23. The molecule has 3 heterocycles. The van der Waals surface area contributed by atoms with E-state index in [4.69, 9.17) is 0 Å². The minimum Gasteiger partial charge on any atom is -0.339 e. The summed E-state index contributed by atoms with van der Waals surface area (Å²) in [7, 11) is 0. The Labute approximate surface area is 165 Å². The molecule has 0 radical (unpaired) electrons. The molecule has 3 aliphatic heterocycles. The van der Waals surface area contributed by atoms with E-state index in [1.807, 2.05) is 28.0 Å². The van der Waals surface area contributed by atoms with Crippen LogP contribution >= 0.6 is 0 Å². The predicted octanol–water partition coefficient (Wildman–Crippen LogP) is 0.714. The van der Waals surface area contributed by atoms with Crippen LogP contribution in [-0.2, 0) is 9.59 Å². The number of hydrogen-bond donors (Lipinski definition) is 1. The van der Waals surface area contributed by atoms with Gasteiger partial charge in [-0.3, -0.25) is 14.4 Å². The fraction of sp³-hybridized carbons (Fsp3) is 0.571. The summed E-state index contributed by atoms with van der Waals surface area (Å²) >= 11 is 0. The van der Waals surface area contributed by atoms with Gasteiger partial charge in [-0.1, -0.05) is 18.2 Å². The molecule has 1 N–H and O–H groups in total. The van der Waals surface area contributed by atoms with Gasteiger partial charge in [-0.15, -0.1) is 0 Å². The van der Waals surface area contributed by atoms with Crippen LogP contribution in [0, 0.1) is 0 Å². The highest BCUT2D eigenvalue weighted by atomic mass is 16.2. The highest BCUT2D eigenvalue weighted by molar-refractivity contribution is 5.98. The van der Waals surface area contributed by atoms with Gasteiger partial charge >= 0.3 is 0 Å². The number of nitrogens with zero attached hydrogens (tertiary/aromatic N) is 3. The minimum atomic E-state index is -0.384. The van der Waals surface area contributed by atoms with Crippen molar-refractivity contribution >= 4 is 17.7 Å². The summed E-state index contributed by atoms with van der Waals surface area (Å²) in [5.74, 6) is 0.0867. The molecule has 1 aromatic carbocycles. The molecule has 0 spiro atoms. The number of amides is 3. The number of benzene rings is 1. The second-order valence-electron chi connectivity index (χ2n) is 7.87. The fourth-order valence-corrected chi connectivity index (χ4v) is 4.64. The summed E-state index contributed by atoms with van der Waals surface area (Å²) in [6, 6.07) is 8.88. The molecule has 0 bridgehead atoms. The third-order valence-electron chi connectivity index (χ3n) is 6.09. The molecule has 2 atom stereocenters. The molecule has 1 aromatic rings. The Morgan fingerprint density at radius 2 is 1.79 bits per heavy atom. The lowest BCUT2D eigenvalue weighted by atomic mass is 10.0. The van der Waals surface area contributed by atoms with Crippen molar-refractivity contribution in [2.45, 2.75) is 37.8 Å². The Bertz CT molecular complexity index is 738. The van der Waals surface area contributed by atoms with Gasteiger partial charge in [0.1, 0.15) is 6.04 Å². The first kappa shape index (κ1) is 18.9. The summed E-state index contributed by atoms with van der Waals surface area (Å²) in [6.45, 7) is 3.80. The average molecular weight is 384 g/mol. The Balaban J connectivity index is 1.44. The van der Waals surface area contributed by atoms with E-state index in [2.05, 4.69) is 5.32 Å². The maximum absolute atomic E-state index is 13.3. The van der Waals surface area contributed by atoms with Crippen LogP contribution in [0.25, 0.3) is 0 Å². The number of piperazine rings is 1. The minimum absolute atomic E-state index is 0.0362. The molecule has 3 fully saturated rings. The number of rotatable bonds is 3. The number of nitrogens with one attached hydrogen (secondary N) is 1. The Hall–Kier alpha value is -2.41. The van der Waals surface area contributed by atoms with Crippen LogP contribution in [0.4, 0.5) is 0 Å². The lowest BCUT2D eigenvalue weighted by molar-refractivity contribution is -0.142. The SMILES string of the molecule is O=C(C1CCCN1C(=O)c1ccccc1)N1CCCC(N2CCNCC2=O)C1. The number of carbonyl (C=O) groups excluding carboxylic acids is 3. The van der Waals surface area contributed by atoms with Crippen LogP contribution in [0.15, 0.2) is 30.3 Å². The Kier molecular flexibility index (Phi) is 5.62. The maximum Gasteiger partial charge on any atom is 0.254 e. The zero-order valence-electron chi connectivity index (χ0n) is 16.2. The quantitative estimate of drug-likeness (QED) is 0.833. The van der Waals surface area contributed by atoms with Crippen molar-refractivity contribution in [2.75, 3.05) is 39.3 Å². The summed E-state index contributed by atoms with van der Waals surface area (Å²) in [5.41, 5.74) is 0.630. The lowest BCUT2D eigenvalue weighted by Gasteiger charge is -2.42. The van der Waals surface area contributed by atoms with Crippen LogP contribution in [0.1, 0.15) is 36.0 Å². The van der Waals surface area contributed by atoms with Crippen LogP contribution in [0.3, 0.4) is 0 Å². The summed E-state index contributed by atoms with van der Waals surface area (Å²) in [4.78, 5) is 43.9. The van der Waals surface area contributed by atoms with E-state index in [0.717, 1.165) is 25.8 Å². The third-order valence-corrected chi connectivity index (χ3v) is 6.09. The Morgan fingerprint density at radius 3 is 2.57 bits per heavy atom. The van der Waals surface area contributed by atoms with E-state index < -0.39 is 0 Å². The topological polar surface area (TPSA) is 73.0 Å². The van der Waals surface area contributed by atoms with Crippen molar-refractivity contribution in [1.29, 1.82) is 0 Å². The van der Waals surface area contributed by atoms with Gasteiger partial charge in [0.15, 0.2) is 0 Å². The molecule has 3 saturated heterocycles. The molecular formula is C21H28N4O3. The van der Waals surface area contributed by atoms with Crippen LogP contribution in [-0.4, -0.2) is 83.8 Å². The van der Waals surface area contributed by atoms with Gasteiger partial charge in [0.2, 0.25) is 11.8 Å². The van der Waals surface area contributed by atoms with Gasteiger partial charge in [0.05, 0.1) is 6.54 Å². The maximum atomic E-state index is 13.3. The first-order chi connectivity index (χ1) is 13.6. The van der Waals surface area contributed by atoms with Gasteiger partial charge in [0.25, 0.3) is 5.91 Å². The first-order valence-electron chi connectivity index (χ1n) is 10.3. The molecule has 0 aliphatic carbocycles. The van der Waals surface area contributed by atoms with Crippen LogP contribution < -0.4 is 5.32 Å². The normalized spacial score (nSPS) is 25.9. The largest absolute Gasteiger partial charge is 0.339 e. The summed E-state index contributed by atoms with van der Waals surface area (Å²) < 4.78 is 0. The molecule has 2 unspecified atom stereocenters. The van der Waals surface area contributed by atoms with Gasteiger partial charge in [-0.25, -0.2) is 0 Å². The van der Waals surface area contributed by atoms with E-state index in [0.29, 0.717) is 44.7 Å². The second kappa shape index (κ2) is 8.31. The van der Waals surface area contributed by atoms with Crippen molar-refractivity contribution in [3.05, 3.63) is 35.9 Å². The number of likely N-dealkylation sites (tertiary alicyclic amines) is 2. The number of hydrogen-bond acceptors (Lipinski definition) is 4. The molecule has 0 aromatic heterocycles. The van der Waals surface area contributed by atoms with Crippen molar-refractivity contribution in [1.82, 2.24) is 20.0 Å². The monoisotopic (exact) mass is 384 g/mol. The molecule has 3 aliphatic rings. The molecule has 7 heteroatoms.